The van der Waals surface area contributed by atoms with Gasteiger partial charge in [-0.3, -0.25) is 19.7 Å². The number of nitrogens with one attached hydrogen (secondary N) is 1. The molecule has 7 aliphatic rings. The smallest absolute Gasteiger partial charge is 0.335 e. The third-order valence-electron chi connectivity index (χ3n) is 9.75. The summed E-state index contributed by atoms with van der Waals surface area (Å²) in [5.74, 6) is -3.82. The number of amides is 2. The Bertz CT molecular complexity index is 1320. The first-order valence-corrected chi connectivity index (χ1v) is 14.8. The number of hydrogen-bond acceptors (Lipinski definition) is 11. The van der Waals surface area contributed by atoms with Crippen molar-refractivity contribution in [2.75, 3.05) is 20.3 Å². The van der Waals surface area contributed by atoms with Gasteiger partial charge in [0.1, 0.15) is 31.0 Å². The number of ether oxygens (including phenoxy) is 5. The number of esters is 2. The molecule has 2 aliphatic carbocycles. The second-order valence-electron chi connectivity index (χ2n) is 12.2. The summed E-state index contributed by atoms with van der Waals surface area (Å²) in [4.78, 5) is 50.9. The first-order valence-electron chi connectivity index (χ1n) is 14.8. The van der Waals surface area contributed by atoms with E-state index in [0.717, 1.165) is 12.0 Å². The van der Waals surface area contributed by atoms with Gasteiger partial charge < -0.3 is 33.9 Å². The molecule has 5 aliphatic heterocycles. The predicted octanol–water partition coefficient (Wildman–Crippen LogP) is 0.771. The molecule has 232 valence electrons. The quantitative estimate of drug-likeness (QED) is 0.221. The zero-order valence-electron chi connectivity index (χ0n) is 24.1. The Hall–Kier alpha value is -3.32. The van der Waals surface area contributed by atoms with Crippen molar-refractivity contribution in [3.05, 3.63) is 47.3 Å². The van der Waals surface area contributed by atoms with Crippen LogP contribution < -0.4 is 5.32 Å². The van der Waals surface area contributed by atoms with Gasteiger partial charge in [-0.2, -0.15) is 0 Å². The molecule has 0 aromatic carbocycles. The van der Waals surface area contributed by atoms with Crippen LogP contribution in [0.25, 0.3) is 0 Å². The molecule has 0 unspecified atom stereocenters. The molecule has 1 saturated carbocycles. The molecule has 3 fully saturated rings. The molecular formula is C31H37NO11. The van der Waals surface area contributed by atoms with Gasteiger partial charge in [0.05, 0.1) is 30.0 Å². The average molecular weight is 600 g/mol. The topological polar surface area (TPSA) is 167 Å². The second kappa shape index (κ2) is 11.6. The zero-order valence-corrected chi connectivity index (χ0v) is 24.1. The molecule has 43 heavy (non-hydrogen) atoms. The van der Waals surface area contributed by atoms with Crippen molar-refractivity contribution in [2.45, 2.75) is 75.1 Å². The first kappa shape index (κ1) is 29.7. The maximum Gasteiger partial charge on any atom is 0.335 e. The van der Waals surface area contributed by atoms with Crippen LogP contribution in [-0.4, -0.2) is 90.4 Å². The van der Waals surface area contributed by atoms with Crippen molar-refractivity contribution in [3.8, 4) is 0 Å². The Morgan fingerprint density at radius 3 is 2.56 bits per heavy atom. The summed E-state index contributed by atoms with van der Waals surface area (Å²) in [5, 5.41) is 24.7. The van der Waals surface area contributed by atoms with Gasteiger partial charge in [0.15, 0.2) is 6.10 Å². The van der Waals surface area contributed by atoms with Gasteiger partial charge in [-0.1, -0.05) is 18.2 Å². The third-order valence-corrected chi connectivity index (χ3v) is 9.75. The van der Waals surface area contributed by atoms with E-state index in [4.69, 9.17) is 23.7 Å². The number of carbonyl (C=O) groups excluding carboxylic acids is 4. The van der Waals surface area contributed by atoms with Crippen LogP contribution in [0.1, 0.15) is 39.0 Å². The van der Waals surface area contributed by atoms with Crippen molar-refractivity contribution in [3.63, 3.8) is 0 Å². The average Bonchev–Trinajstić information content (AvgIpc) is 3.24. The molecule has 1 spiro atoms. The highest BCUT2D eigenvalue weighted by Gasteiger charge is 2.62. The lowest BCUT2D eigenvalue weighted by Crippen LogP contribution is -2.66. The molecule has 7 rings (SSSR count). The molecule has 0 radical (unpaired) electrons. The van der Waals surface area contributed by atoms with E-state index in [2.05, 4.69) is 11.4 Å². The van der Waals surface area contributed by atoms with E-state index in [0.29, 0.717) is 6.42 Å². The van der Waals surface area contributed by atoms with Gasteiger partial charge >= 0.3 is 11.9 Å². The number of methoxy groups -OCH3 is 1. The van der Waals surface area contributed by atoms with Crippen molar-refractivity contribution < 1.29 is 53.1 Å². The number of aliphatic hydroxyl groups is 2. The molecule has 5 heterocycles. The summed E-state index contributed by atoms with van der Waals surface area (Å²) in [6, 6.07) is 0. The molecule has 4 bridgehead atoms. The minimum absolute atomic E-state index is 0.0283. The van der Waals surface area contributed by atoms with Crippen LogP contribution in [0.3, 0.4) is 0 Å². The standard InChI is InChI=1S/C31H37NO11/c1-15-9-17-13-41-25(35)6-5-20-21(29(37)32-28(20)36)7-8-40-14-23(34)27(17)42-30(38)24(39-2)11-18-4-3-16-10-19-12-22(33)26(16)31(15,18)43-19/h3-4,7-9,16-19,22-24,26-27,33-34H,5-6,10-14H2,1-2H3,(H,32,36,37)/b8-7-,15-9-/t16-,17-,18+,19+,22+,23+,24-,26-,27-,31-/m0/s1. The fourth-order valence-corrected chi connectivity index (χ4v) is 7.81. The third kappa shape index (κ3) is 5.24. The van der Waals surface area contributed by atoms with E-state index < -0.39 is 59.7 Å². The van der Waals surface area contributed by atoms with E-state index in [9.17, 15) is 29.4 Å². The number of cyclic esters (lactones) is 1. The number of allylic oxidation sites excluding steroid dienone is 1. The summed E-state index contributed by atoms with van der Waals surface area (Å²) < 4.78 is 29.4. The number of imide groups is 1. The van der Waals surface area contributed by atoms with Crippen molar-refractivity contribution in [1.82, 2.24) is 5.32 Å². The predicted molar refractivity (Wildman–Crippen MR) is 146 cm³/mol. The summed E-state index contributed by atoms with van der Waals surface area (Å²) in [5.41, 5.74) is 0.0485. The van der Waals surface area contributed by atoms with Crippen LogP contribution in [0.5, 0.6) is 0 Å². The largest absolute Gasteiger partial charge is 0.498 e. The maximum atomic E-state index is 13.5. The second-order valence-corrected chi connectivity index (χ2v) is 12.2. The summed E-state index contributed by atoms with van der Waals surface area (Å²) in [7, 11) is 1.41. The SMILES string of the molecule is CO[C@H]1C[C@H]2C=C[C@H]3C[C@@H]4C[C@@H](O)[C@H]3[C@]2(O4)/C(C)=C\[C@H]2COC(=O)CCC3=C(/C=C\OC[C@@H](O)[C@H]2OC1=O)C(=O)NC3=O. The molecule has 10 atom stereocenters. The molecule has 2 amide bonds. The Balaban J connectivity index is 1.39. The van der Waals surface area contributed by atoms with E-state index >= 15 is 0 Å². The van der Waals surface area contributed by atoms with E-state index in [1.165, 1.54) is 19.4 Å². The van der Waals surface area contributed by atoms with E-state index in [1.807, 2.05) is 19.1 Å². The lowest BCUT2D eigenvalue weighted by molar-refractivity contribution is -0.254. The molecule has 3 N–H and O–H groups in total. The van der Waals surface area contributed by atoms with Gasteiger partial charge in [-0.05, 0) is 50.2 Å². The summed E-state index contributed by atoms with van der Waals surface area (Å²) in [6.07, 6.45) is 5.46. The first-order chi connectivity index (χ1) is 20.6. The summed E-state index contributed by atoms with van der Waals surface area (Å²) >= 11 is 0. The van der Waals surface area contributed by atoms with Crippen molar-refractivity contribution in [2.24, 2.45) is 23.7 Å². The molecular weight excluding hydrogens is 562 g/mol. The number of carbonyl (C=O) groups is 4. The van der Waals surface area contributed by atoms with Crippen molar-refractivity contribution >= 4 is 23.8 Å². The fourth-order valence-electron chi connectivity index (χ4n) is 7.81. The Kier molecular flexibility index (Phi) is 8.05. The monoisotopic (exact) mass is 599 g/mol. The number of fused-ring (bicyclic) bond motifs is 2. The molecule has 2 saturated heterocycles. The Labute approximate surface area is 248 Å². The van der Waals surface area contributed by atoms with Gasteiger partial charge in [0.25, 0.3) is 11.8 Å². The number of aliphatic hydroxyl groups excluding tert-OH is 2. The summed E-state index contributed by atoms with van der Waals surface area (Å²) in [6.45, 7) is 1.31. The van der Waals surface area contributed by atoms with E-state index in [-0.39, 0.29) is 67.5 Å². The lowest BCUT2D eigenvalue weighted by atomic mass is 9.54. The van der Waals surface area contributed by atoms with Crippen molar-refractivity contribution in [1.29, 1.82) is 0 Å². The fraction of sp³-hybridized carbons (Fsp3) is 0.613. The van der Waals surface area contributed by atoms with Crippen LogP contribution >= 0.6 is 0 Å². The van der Waals surface area contributed by atoms with Crippen LogP contribution in [0.4, 0.5) is 0 Å². The molecule has 12 heteroatoms. The highest BCUT2D eigenvalue weighted by atomic mass is 16.6. The van der Waals surface area contributed by atoms with Gasteiger partial charge in [-0.15, -0.1) is 0 Å². The van der Waals surface area contributed by atoms with Crippen LogP contribution in [0.2, 0.25) is 0 Å². The van der Waals surface area contributed by atoms with Crippen LogP contribution in [0, 0.1) is 23.7 Å². The highest BCUT2D eigenvalue weighted by molar-refractivity contribution is 6.20. The van der Waals surface area contributed by atoms with E-state index in [1.54, 1.807) is 0 Å². The molecule has 12 nitrogen and oxygen atoms in total. The van der Waals surface area contributed by atoms with Crippen LogP contribution in [-0.2, 0) is 42.9 Å². The number of hydrogen-bond donors (Lipinski definition) is 3. The van der Waals surface area contributed by atoms with Crippen LogP contribution in [0.15, 0.2) is 47.3 Å². The normalized spacial score (nSPS) is 43.4. The van der Waals surface area contributed by atoms with Gasteiger partial charge in [0, 0.05) is 30.9 Å². The lowest BCUT2D eigenvalue weighted by Gasteiger charge is -2.62. The molecule has 0 aromatic heterocycles. The number of rotatable bonds is 1. The maximum absolute atomic E-state index is 13.5. The molecule has 0 aromatic rings. The highest BCUT2D eigenvalue weighted by Crippen LogP contribution is 2.58. The Morgan fingerprint density at radius 1 is 0.977 bits per heavy atom. The van der Waals surface area contributed by atoms with Gasteiger partial charge in [-0.25, -0.2) is 4.79 Å². The minimum atomic E-state index is -1.38. The Morgan fingerprint density at radius 2 is 1.79 bits per heavy atom. The zero-order chi connectivity index (χ0) is 30.5. The van der Waals surface area contributed by atoms with Gasteiger partial charge in [0.2, 0.25) is 0 Å². The minimum Gasteiger partial charge on any atom is -0.498 e.